The average molecular weight is 307 g/mol. The third kappa shape index (κ3) is 3.51. The molecule has 0 aliphatic carbocycles. The van der Waals surface area contributed by atoms with Gasteiger partial charge in [-0.3, -0.25) is 0 Å². The Bertz CT molecular complexity index is 766. The molecule has 0 saturated heterocycles. The highest BCUT2D eigenvalue weighted by molar-refractivity contribution is 7.87. The molecule has 0 spiro atoms. The van der Waals surface area contributed by atoms with E-state index < -0.39 is 10.1 Å². The van der Waals surface area contributed by atoms with Gasteiger partial charge in [-0.05, 0) is 37.3 Å². The molecule has 0 amide bonds. The lowest BCUT2D eigenvalue weighted by Gasteiger charge is -2.09. The Morgan fingerprint density at radius 3 is 2.43 bits per heavy atom. The summed E-state index contributed by atoms with van der Waals surface area (Å²) in [6.07, 6.45) is 1.09. The highest BCUT2D eigenvalue weighted by atomic mass is 32.2. The number of nitrogens with zero attached hydrogens (tertiary/aromatic N) is 1. The smallest absolute Gasteiger partial charge is 0.339 e. The largest absolute Gasteiger partial charge is 0.504 e. The molecule has 2 aromatic rings. The molecule has 2 rings (SSSR count). The number of hydrogen-bond acceptors (Lipinski definition) is 6. The second-order valence-electron chi connectivity index (χ2n) is 4.32. The molecule has 21 heavy (non-hydrogen) atoms. The first-order valence-corrected chi connectivity index (χ1v) is 7.35. The second kappa shape index (κ2) is 5.84. The van der Waals surface area contributed by atoms with Crippen LogP contribution in [0.5, 0.6) is 11.5 Å². The summed E-state index contributed by atoms with van der Waals surface area (Å²) in [7, 11) is -4.05. The number of rotatable bonds is 4. The highest BCUT2D eigenvalue weighted by Gasteiger charge is 2.18. The Morgan fingerprint density at radius 2 is 1.81 bits per heavy atom. The van der Waals surface area contributed by atoms with Crippen LogP contribution in [0.2, 0.25) is 0 Å². The Labute approximate surface area is 122 Å². The van der Waals surface area contributed by atoms with E-state index in [0.717, 1.165) is 11.8 Å². The van der Waals surface area contributed by atoms with Gasteiger partial charge in [0.25, 0.3) is 0 Å². The van der Waals surface area contributed by atoms with E-state index in [0.29, 0.717) is 5.56 Å². The van der Waals surface area contributed by atoms with Crippen molar-refractivity contribution in [2.75, 3.05) is 0 Å². The van der Waals surface area contributed by atoms with E-state index in [2.05, 4.69) is 5.16 Å². The van der Waals surface area contributed by atoms with E-state index >= 15 is 0 Å². The number of hydrogen-bond donors (Lipinski definition) is 2. The maximum absolute atomic E-state index is 12.1. The molecule has 0 radical (unpaired) electrons. The fourth-order valence-corrected chi connectivity index (χ4v) is 2.55. The van der Waals surface area contributed by atoms with Crippen molar-refractivity contribution in [2.24, 2.45) is 5.16 Å². The monoisotopic (exact) mass is 307 g/mol. The van der Waals surface area contributed by atoms with Gasteiger partial charge in [0, 0.05) is 5.56 Å². The van der Waals surface area contributed by atoms with Crippen molar-refractivity contribution in [3.8, 4) is 11.5 Å². The molecule has 6 nitrogen and oxygen atoms in total. The molecule has 0 heterocycles. The highest BCUT2D eigenvalue weighted by Crippen LogP contribution is 2.29. The summed E-state index contributed by atoms with van der Waals surface area (Å²) in [6.45, 7) is 1.83. The average Bonchev–Trinajstić information content (AvgIpc) is 2.43. The van der Waals surface area contributed by atoms with Crippen LogP contribution in [0.3, 0.4) is 0 Å². The van der Waals surface area contributed by atoms with Gasteiger partial charge in [0.2, 0.25) is 0 Å². The maximum Gasteiger partial charge on any atom is 0.339 e. The number of aryl methyl sites for hydroxylation is 1. The first-order valence-electron chi connectivity index (χ1n) is 5.94. The van der Waals surface area contributed by atoms with Crippen LogP contribution in [0.15, 0.2) is 52.5 Å². The summed E-state index contributed by atoms with van der Waals surface area (Å²) in [5.74, 6) is -0.575. The topological polar surface area (TPSA) is 96.2 Å². The van der Waals surface area contributed by atoms with Crippen molar-refractivity contribution >= 4 is 16.3 Å². The van der Waals surface area contributed by atoms with Crippen molar-refractivity contribution in [2.45, 2.75) is 11.8 Å². The second-order valence-corrected chi connectivity index (χ2v) is 5.87. The van der Waals surface area contributed by atoms with Gasteiger partial charge in [-0.15, -0.1) is 0 Å². The molecule has 0 aliphatic rings. The zero-order valence-corrected chi connectivity index (χ0v) is 11.9. The third-order valence-electron chi connectivity index (χ3n) is 2.70. The predicted molar refractivity (Wildman–Crippen MR) is 76.5 cm³/mol. The minimum Gasteiger partial charge on any atom is -0.504 e. The van der Waals surface area contributed by atoms with E-state index in [9.17, 15) is 13.5 Å². The Morgan fingerprint density at radius 1 is 1.14 bits per heavy atom. The summed E-state index contributed by atoms with van der Waals surface area (Å²) >= 11 is 0. The Kier molecular flexibility index (Phi) is 4.13. The number of oxime groups is 1. The van der Waals surface area contributed by atoms with Gasteiger partial charge in [0.05, 0.1) is 6.21 Å². The molecule has 0 bridgehead atoms. The van der Waals surface area contributed by atoms with E-state index in [1.54, 1.807) is 12.1 Å². The van der Waals surface area contributed by atoms with Crippen LogP contribution in [0, 0.1) is 6.92 Å². The molecule has 0 fully saturated rings. The molecule has 2 N–H and O–H groups in total. The van der Waals surface area contributed by atoms with Crippen LogP contribution in [0.1, 0.15) is 11.1 Å². The zero-order chi connectivity index (χ0) is 15.5. The van der Waals surface area contributed by atoms with E-state index in [-0.39, 0.29) is 16.4 Å². The molecule has 0 aliphatic heterocycles. The molecule has 7 heteroatoms. The lowest BCUT2D eigenvalue weighted by Crippen LogP contribution is -2.10. The first-order chi connectivity index (χ1) is 9.92. The summed E-state index contributed by atoms with van der Waals surface area (Å²) in [4.78, 5) is -0.0197. The zero-order valence-electron chi connectivity index (χ0n) is 11.1. The quantitative estimate of drug-likeness (QED) is 0.391. The van der Waals surface area contributed by atoms with Crippen LogP contribution in [0.4, 0.5) is 0 Å². The van der Waals surface area contributed by atoms with Crippen LogP contribution < -0.4 is 4.18 Å². The van der Waals surface area contributed by atoms with Crippen molar-refractivity contribution < 1.29 is 22.9 Å². The minimum atomic E-state index is -4.05. The molecule has 110 valence electrons. The fourth-order valence-electron chi connectivity index (χ4n) is 1.62. The number of benzene rings is 2. The van der Waals surface area contributed by atoms with Crippen LogP contribution in [-0.4, -0.2) is 24.9 Å². The van der Waals surface area contributed by atoms with Gasteiger partial charge in [-0.2, -0.15) is 8.42 Å². The first kappa shape index (κ1) is 14.9. The lowest BCUT2D eigenvalue weighted by atomic mass is 10.2. The minimum absolute atomic E-state index is 0.0197. The van der Waals surface area contributed by atoms with Crippen molar-refractivity contribution in [1.29, 1.82) is 0 Å². The predicted octanol–water partition coefficient (Wildman–Crippen LogP) is 2.28. The van der Waals surface area contributed by atoms with E-state index in [1.165, 1.54) is 30.3 Å². The summed E-state index contributed by atoms with van der Waals surface area (Å²) in [5, 5.41) is 21.0. The summed E-state index contributed by atoms with van der Waals surface area (Å²) < 4.78 is 29.2. The normalized spacial score (nSPS) is 11.7. The van der Waals surface area contributed by atoms with Crippen molar-refractivity contribution in [1.82, 2.24) is 0 Å². The molecule has 0 aromatic heterocycles. The lowest BCUT2D eigenvalue weighted by molar-refractivity contribution is 0.322. The number of phenolic OH excluding ortho intramolecular Hbond substituents is 1. The molecular formula is C14H13NO5S. The van der Waals surface area contributed by atoms with Crippen LogP contribution in [0.25, 0.3) is 0 Å². The molecule has 0 saturated carbocycles. The van der Waals surface area contributed by atoms with Gasteiger partial charge >= 0.3 is 10.1 Å². The molecule has 0 atom stereocenters. The van der Waals surface area contributed by atoms with Gasteiger partial charge in [-0.25, -0.2) is 0 Å². The van der Waals surface area contributed by atoms with Gasteiger partial charge < -0.3 is 14.5 Å². The standard InChI is InChI=1S/C14H13NO5S/c1-10-2-5-12(6-3-10)21(18,19)20-14-8-11(9-15-17)4-7-13(14)16/h2-9,16-17H,1H3. The summed E-state index contributed by atoms with van der Waals surface area (Å²) in [5.41, 5.74) is 1.29. The maximum atomic E-state index is 12.1. The van der Waals surface area contributed by atoms with Crippen LogP contribution in [-0.2, 0) is 10.1 Å². The van der Waals surface area contributed by atoms with Gasteiger partial charge in [0.15, 0.2) is 11.5 Å². The SMILES string of the molecule is Cc1ccc(S(=O)(=O)Oc2cc(C=NO)ccc2O)cc1. The van der Waals surface area contributed by atoms with Crippen molar-refractivity contribution in [3.05, 3.63) is 53.6 Å². The molecule has 0 unspecified atom stereocenters. The molecular weight excluding hydrogens is 294 g/mol. The van der Waals surface area contributed by atoms with Crippen LogP contribution >= 0.6 is 0 Å². The van der Waals surface area contributed by atoms with E-state index in [1.807, 2.05) is 6.92 Å². The van der Waals surface area contributed by atoms with Gasteiger partial charge in [0.1, 0.15) is 4.90 Å². The van der Waals surface area contributed by atoms with Gasteiger partial charge in [-0.1, -0.05) is 22.9 Å². The Balaban J connectivity index is 2.36. The number of phenols is 1. The number of aromatic hydroxyl groups is 1. The third-order valence-corrected chi connectivity index (χ3v) is 3.95. The van der Waals surface area contributed by atoms with E-state index in [4.69, 9.17) is 9.39 Å². The summed E-state index contributed by atoms with van der Waals surface area (Å²) in [6, 6.07) is 10.1. The molecule has 2 aromatic carbocycles. The Hall–Kier alpha value is -2.54. The fraction of sp³-hybridized carbons (Fsp3) is 0.0714. The van der Waals surface area contributed by atoms with Crippen molar-refractivity contribution in [3.63, 3.8) is 0 Å².